The average Bonchev–Trinajstić information content (AvgIpc) is 2.16. The van der Waals surface area contributed by atoms with Gasteiger partial charge < -0.3 is 10.0 Å². The van der Waals surface area contributed by atoms with Crippen molar-refractivity contribution < 1.29 is 9.90 Å². The maximum atomic E-state index is 12.0. The SMILES string of the molecule is CN(CCO)CC(=O)N1CCCCCCC1. The summed E-state index contributed by atoms with van der Waals surface area (Å²) in [6, 6.07) is 0. The lowest BCUT2D eigenvalue weighted by Crippen LogP contribution is -2.41. The van der Waals surface area contributed by atoms with Gasteiger partial charge in [-0.05, 0) is 19.9 Å². The zero-order chi connectivity index (χ0) is 11.8. The number of likely N-dealkylation sites (tertiary alicyclic amines) is 1. The van der Waals surface area contributed by atoms with Gasteiger partial charge in [0, 0.05) is 19.6 Å². The molecule has 16 heavy (non-hydrogen) atoms. The largest absolute Gasteiger partial charge is 0.395 e. The second-order valence-corrected chi connectivity index (χ2v) is 4.61. The van der Waals surface area contributed by atoms with Gasteiger partial charge in [0.15, 0.2) is 0 Å². The number of aliphatic hydroxyl groups excluding tert-OH is 1. The molecule has 1 aliphatic heterocycles. The first-order valence-electron chi connectivity index (χ1n) is 6.31. The molecule has 1 amide bonds. The molecule has 1 N–H and O–H groups in total. The fraction of sp³-hybridized carbons (Fsp3) is 0.917. The number of amides is 1. The van der Waals surface area contributed by atoms with Gasteiger partial charge in [-0.2, -0.15) is 0 Å². The lowest BCUT2D eigenvalue weighted by molar-refractivity contribution is -0.132. The quantitative estimate of drug-likeness (QED) is 0.770. The Morgan fingerprint density at radius 1 is 1.19 bits per heavy atom. The van der Waals surface area contributed by atoms with Crippen LogP contribution >= 0.6 is 0 Å². The predicted molar refractivity (Wildman–Crippen MR) is 64.2 cm³/mol. The molecule has 0 aliphatic carbocycles. The Morgan fingerprint density at radius 3 is 2.31 bits per heavy atom. The molecule has 0 radical (unpaired) electrons. The highest BCUT2D eigenvalue weighted by atomic mass is 16.3. The van der Waals surface area contributed by atoms with Crippen LogP contribution in [0.1, 0.15) is 32.1 Å². The number of aliphatic hydroxyl groups is 1. The number of likely N-dealkylation sites (N-methyl/N-ethyl adjacent to an activating group) is 1. The van der Waals surface area contributed by atoms with Gasteiger partial charge in [-0.15, -0.1) is 0 Å². The Hall–Kier alpha value is -0.610. The molecular weight excluding hydrogens is 204 g/mol. The van der Waals surface area contributed by atoms with Gasteiger partial charge in [-0.1, -0.05) is 19.3 Å². The Bertz CT molecular complexity index is 201. The molecule has 0 spiro atoms. The van der Waals surface area contributed by atoms with E-state index >= 15 is 0 Å². The summed E-state index contributed by atoms with van der Waals surface area (Å²) in [4.78, 5) is 15.8. The normalized spacial score (nSPS) is 18.3. The minimum atomic E-state index is 0.115. The van der Waals surface area contributed by atoms with Crippen LogP contribution in [-0.4, -0.2) is 60.6 Å². The lowest BCUT2D eigenvalue weighted by atomic mass is 10.1. The van der Waals surface area contributed by atoms with Crippen molar-refractivity contribution in [2.24, 2.45) is 0 Å². The molecule has 94 valence electrons. The Balaban J connectivity index is 2.32. The minimum Gasteiger partial charge on any atom is -0.395 e. The molecule has 0 unspecified atom stereocenters. The molecule has 0 saturated carbocycles. The molecule has 1 rings (SSSR count). The van der Waals surface area contributed by atoms with Gasteiger partial charge in [-0.25, -0.2) is 0 Å². The van der Waals surface area contributed by atoms with Crippen molar-refractivity contribution in [3.63, 3.8) is 0 Å². The minimum absolute atomic E-state index is 0.115. The van der Waals surface area contributed by atoms with E-state index in [1.165, 1.54) is 19.3 Å². The second kappa shape index (κ2) is 7.63. The zero-order valence-electron chi connectivity index (χ0n) is 10.3. The molecule has 0 aromatic carbocycles. The molecule has 0 aromatic heterocycles. The molecule has 0 bridgehead atoms. The Morgan fingerprint density at radius 2 is 1.75 bits per heavy atom. The van der Waals surface area contributed by atoms with Crippen LogP contribution < -0.4 is 0 Å². The molecule has 1 fully saturated rings. The number of hydrogen-bond donors (Lipinski definition) is 1. The van der Waals surface area contributed by atoms with Gasteiger partial charge in [-0.3, -0.25) is 9.69 Å². The highest BCUT2D eigenvalue weighted by Crippen LogP contribution is 2.10. The van der Waals surface area contributed by atoms with E-state index in [-0.39, 0.29) is 12.5 Å². The van der Waals surface area contributed by atoms with E-state index in [2.05, 4.69) is 0 Å². The van der Waals surface area contributed by atoms with E-state index in [9.17, 15) is 4.79 Å². The number of nitrogens with zero attached hydrogens (tertiary/aromatic N) is 2. The molecule has 4 nitrogen and oxygen atoms in total. The standard InChI is InChI=1S/C12H24N2O2/c1-13(9-10-15)11-12(16)14-7-5-3-2-4-6-8-14/h15H,2-11H2,1H3. The Kier molecular flexibility index (Phi) is 6.42. The summed E-state index contributed by atoms with van der Waals surface area (Å²) >= 11 is 0. The summed E-state index contributed by atoms with van der Waals surface area (Å²) in [6.07, 6.45) is 6.07. The van der Waals surface area contributed by atoms with Crippen LogP contribution in [0.25, 0.3) is 0 Å². The van der Waals surface area contributed by atoms with Gasteiger partial charge in [0.2, 0.25) is 5.91 Å². The van der Waals surface area contributed by atoms with Gasteiger partial charge in [0.1, 0.15) is 0 Å². The van der Waals surface area contributed by atoms with E-state index in [0.717, 1.165) is 25.9 Å². The van der Waals surface area contributed by atoms with Gasteiger partial charge in [0.25, 0.3) is 0 Å². The third-order valence-corrected chi connectivity index (χ3v) is 3.10. The molecule has 1 saturated heterocycles. The van der Waals surface area contributed by atoms with Crippen molar-refractivity contribution in [1.82, 2.24) is 9.80 Å². The second-order valence-electron chi connectivity index (χ2n) is 4.61. The monoisotopic (exact) mass is 228 g/mol. The van der Waals surface area contributed by atoms with Gasteiger partial charge >= 0.3 is 0 Å². The third-order valence-electron chi connectivity index (χ3n) is 3.10. The first kappa shape index (κ1) is 13.5. The van der Waals surface area contributed by atoms with E-state index < -0.39 is 0 Å². The van der Waals surface area contributed by atoms with Crippen molar-refractivity contribution in [3.05, 3.63) is 0 Å². The van der Waals surface area contributed by atoms with Crippen molar-refractivity contribution in [2.45, 2.75) is 32.1 Å². The van der Waals surface area contributed by atoms with Crippen LogP contribution in [0.15, 0.2) is 0 Å². The molecule has 0 aromatic rings. The highest BCUT2D eigenvalue weighted by Gasteiger charge is 2.15. The highest BCUT2D eigenvalue weighted by molar-refractivity contribution is 5.78. The maximum absolute atomic E-state index is 12.0. The predicted octanol–water partition coefficient (Wildman–Crippen LogP) is 0.703. The zero-order valence-corrected chi connectivity index (χ0v) is 10.3. The van der Waals surface area contributed by atoms with Crippen molar-refractivity contribution in [3.8, 4) is 0 Å². The first-order valence-corrected chi connectivity index (χ1v) is 6.31. The number of carbonyl (C=O) groups is 1. The van der Waals surface area contributed by atoms with Crippen LogP contribution in [0.4, 0.5) is 0 Å². The van der Waals surface area contributed by atoms with Crippen molar-refractivity contribution in [2.75, 3.05) is 39.8 Å². The van der Waals surface area contributed by atoms with E-state index in [4.69, 9.17) is 5.11 Å². The van der Waals surface area contributed by atoms with E-state index in [1.54, 1.807) is 0 Å². The first-order chi connectivity index (χ1) is 7.74. The van der Waals surface area contributed by atoms with Crippen LogP contribution in [0.2, 0.25) is 0 Å². The van der Waals surface area contributed by atoms with Crippen LogP contribution in [0.5, 0.6) is 0 Å². The molecule has 4 heteroatoms. The third kappa shape index (κ3) is 4.94. The molecule has 1 heterocycles. The summed E-state index contributed by atoms with van der Waals surface area (Å²) < 4.78 is 0. The molecule has 1 aliphatic rings. The lowest BCUT2D eigenvalue weighted by Gasteiger charge is -2.26. The van der Waals surface area contributed by atoms with Crippen molar-refractivity contribution >= 4 is 5.91 Å². The van der Waals surface area contributed by atoms with E-state index in [1.807, 2.05) is 16.8 Å². The summed E-state index contributed by atoms with van der Waals surface area (Å²) in [5.41, 5.74) is 0. The summed E-state index contributed by atoms with van der Waals surface area (Å²) in [6.45, 7) is 2.93. The number of hydrogen-bond acceptors (Lipinski definition) is 3. The Labute approximate surface area is 98.2 Å². The van der Waals surface area contributed by atoms with Crippen LogP contribution in [0, 0.1) is 0 Å². The summed E-state index contributed by atoms with van der Waals surface area (Å²) in [7, 11) is 1.87. The maximum Gasteiger partial charge on any atom is 0.236 e. The van der Waals surface area contributed by atoms with Gasteiger partial charge in [0.05, 0.1) is 13.2 Å². The van der Waals surface area contributed by atoms with Crippen LogP contribution in [-0.2, 0) is 4.79 Å². The van der Waals surface area contributed by atoms with E-state index in [0.29, 0.717) is 13.1 Å². The fourth-order valence-corrected chi connectivity index (χ4v) is 2.08. The fourth-order valence-electron chi connectivity index (χ4n) is 2.08. The average molecular weight is 228 g/mol. The molecule has 0 atom stereocenters. The number of rotatable bonds is 4. The smallest absolute Gasteiger partial charge is 0.236 e. The van der Waals surface area contributed by atoms with Crippen molar-refractivity contribution in [1.29, 1.82) is 0 Å². The summed E-state index contributed by atoms with van der Waals surface area (Å²) in [5.74, 6) is 0.206. The topological polar surface area (TPSA) is 43.8 Å². The summed E-state index contributed by atoms with van der Waals surface area (Å²) in [5, 5.41) is 8.78. The number of carbonyl (C=O) groups excluding carboxylic acids is 1. The van der Waals surface area contributed by atoms with Crippen LogP contribution in [0.3, 0.4) is 0 Å². The molecular formula is C12H24N2O2.